The molecule has 0 amide bonds. The van der Waals surface area contributed by atoms with Crippen LogP contribution in [0.3, 0.4) is 0 Å². The van der Waals surface area contributed by atoms with E-state index in [4.69, 9.17) is 9.47 Å². The smallest absolute Gasteiger partial charge is 0.392 e. The first-order chi connectivity index (χ1) is 11.1. The topological polar surface area (TPSA) is 114 Å². The van der Waals surface area contributed by atoms with Gasteiger partial charge in [0.15, 0.2) is 0 Å². The van der Waals surface area contributed by atoms with Gasteiger partial charge >= 0.3 is 23.4 Å². The zero-order valence-electron chi connectivity index (χ0n) is 12.4. The Labute approximate surface area is 131 Å². The zero-order chi connectivity index (χ0) is 16.8. The molecule has 9 nitrogen and oxygen atoms in total. The Morgan fingerprint density at radius 1 is 1.22 bits per heavy atom. The molecule has 0 fully saturated rings. The number of hydrogen-bond donors (Lipinski definition) is 0. The number of esters is 1. The number of benzene rings is 1. The molecule has 0 saturated carbocycles. The Hall–Kier alpha value is -3.23. The van der Waals surface area contributed by atoms with Crippen LogP contribution in [0.15, 0.2) is 30.6 Å². The average molecular weight is 319 g/mol. The second-order valence-electron chi connectivity index (χ2n) is 4.14. The first kappa shape index (κ1) is 16.1. The third kappa shape index (κ3) is 3.70. The van der Waals surface area contributed by atoms with E-state index in [2.05, 4.69) is 14.7 Å². The Bertz CT molecular complexity index is 717. The number of carbonyl (C=O) groups is 1. The highest BCUT2D eigenvalue weighted by Crippen LogP contribution is 2.35. The van der Waals surface area contributed by atoms with Crippen molar-refractivity contribution in [1.82, 2.24) is 9.97 Å². The van der Waals surface area contributed by atoms with Gasteiger partial charge in [0.2, 0.25) is 0 Å². The second-order valence-corrected chi connectivity index (χ2v) is 4.14. The molecule has 0 saturated heterocycles. The molecule has 120 valence electrons. The number of nitrogens with zero attached hydrogens (tertiary/aromatic N) is 3. The van der Waals surface area contributed by atoms with E-state index in [9.17, 15) is 14.9 Å². The van der Waals surface area contributed by atoms with Gasteiger partial charge in [0, 0.05) is 0 Å². The molecule has 9 heteroatoms. The average Bonchev–Trinajstić information content (AvgIpc) is 2.55. The van der Waals surface area contributed by atoms with Crippen molar-refractivity contribution in [2.45, 2.75) is 6.92 Å². The van der Waals surface area contributed by atoms with Crippen molar-refractivity contribution in [2.75, 3.05) is 13.7 Å². The highest BCUT2D eigenvalue weighted by atomic mass is 16.6. The quantitative estimate of drug-likeness (QED) is 0.453. The minimum atomic E-state index is -0.677. The maximum Gasteiger partial charge on any atom is 0.392 e. The molecule has 0 aliphatic heterocycles. The largest absolute Gasteiger partial charge is 0.473 e. The minimum absolute atomic E-state index is 0.173. The van der Waals surface area contributed by atoms with Gasteiger partial charge < -0.3 is 14.2 Å². The third-order valence-corrected chi connectivity index (χ3v) is 2.71. The standard InChI is InChI=1S/C14H13N3O6/c1-3-22-12-11(17(19)20)13(16-8-15-12)23-10-6-4-9(5-7-10)14(18)21-2/h4-8H,3H2,1-2H3. The van der Waals surface area contributed by atoms with Crippen molar-refractivity contribution in [3.05, 3.63) is 46.3 Å². The lowest BCUT2D eigenvalue weighted by atomic mass is 10.2. The lowest BCUT2D eigenvalue weighted by Gasteiger charge is -2.08. The van der Waals surface area contributed by atoms with Crippen molar-refractivity contribution >= 4 is 11.7 Å². The summed E-state index contributed by atoms with van der Waals surface area (Å²) in [6.07, 6.45) is 1.11. The number of carbonyl (C=O) groups excluding carboxylic acids is 1. The summed E-state index contributed by atoms with van der Waals surface area (Å²) in [5, 5.41) is 11.2. The number of ether oxygens (including phenoxy) is 3. The van der Waals surface area contributed by atoms with E-state index in [0.29, 0.717) is 5.56 Å². The van der Waals surface area contributed by atoms with Crippen LogP contribution in [0.4, 0.5) is 5.69 Å². The third-order valence-electron chi connectivity index (χ3n) is 2.71. The van der Waals surface area contributed by atoms with Gasteiger partial charge in [-0.2, -0.15) is 9.97 Å². The molecule has 1 aromatic carbocycles. The molecule has 0 spiro atoms. The van der Waals surface area contributed by atoms with Crippen LogP contribution in [-0.4, -0.2) is 34.6 Å². The first-order valence-electron chi connectivity index (χ1n) is 6.55. The monoisotopic (exact) mass is 319 g/mol. The molecule has 1 heterocycles. The normalized spacial score (nSPS) is 10.0. The van der Waals surface area contributed by atoms with Gasteiger partial charge in [-0.25, -0.2) is 4.79 Å². The zero-order valence-corrected chi connectivity index (χ0v) is 12.4. The Morgan fingerprint density at radius 2 is 1.87 bits per heavy atom. The van der Waals surface area contributed by atoms with Crippen LogP contribution >= 0.6 is 0 Å². The molecule has 0 bridgehead atoms. The maximum absolute atomic E-state index is 11.4. The summed E-state index contributed by atoms with van der Waals surface area (Å²) in [6, 6.07) is 5.88. The molecule has 2 rings (SSSR count). The van der Waals surface area contributed by atoms with E-state index in [-0.39, 0.29) is 24.1 Å². The summed E-state index contributed by atoms with van der Waals surface area (Å²) in [5.41, 5.74) is -0.140. The number of methoxy groups -OCH3 is 1. The molecule has 0 N–H and O–H groups in total. The van der Waals surface area contributed by atoms with E-state index in [1.165, 1.54) is 31.4 Å². The predicted octanol–water partition coefficient (Wildman–Crippen LogP) is 2.36. The molecule has 0 aliphatic rings. The molecule has 1 aromatic heterocycles. The Kier molecular flexibility index (Phi) is 5.03. The molecule has 2 aromatic rings. The van der Waals surface area contributed by atoms with Crippen molar-refractivity contribution < 1.29 is 23.9 Å². The van der Waals surface area contributed by atoms with Crippen molar-refractivity contribution in [3.8, 4) is 17.5 Å². The number of rotatable bonds is 6. The van der Waals surface area contributed by atoms with E-state index >= 15 is 0 Å². The highest BCUT2D eigenvalue weighted by molar-refractivity contribution is 5.89. The molecule has 23 heavy (non-hydrogen) atoms. The van der Waals surface area contributed by atoms with Gasteiger partial charge in [-0.1, -0.05) is 0 Å². The summed E-state index contributed by atoms with van der Waals surface area (Å²) in [4.78, 5) is 29.4. The van der Waals surface area contributed by atoms with E-state index in [1.54, 1.807) is 6.92 Å². The summed E-state index contributed by atoms with van der Waals surface area (Å²) < 4.78 is 15.1. The summed E-state index contributed by atoms with van der Waals surface area (Å²) >= 11 is 0. The van der Waals surface area contributed by atoms with Crippen LogP contribution in [0.25, 0.3) is 0 Å². The maximum atomic E-state index is 11.4. The molecular formula is C14H13N3O6. The predicted molar refractivity (Wildman–Crippen MR) is 77.7 cm³/mol. The van der Waals surface area contributed by atoms with Gasteiger partial charge in [-0.05, 0) is 31.2 Å². The summed E-state index contributed by atoms with van der Waals surface area (Å²) in [5.74, 6) is -0.655. The molecule has 0 unspecified atom stereocenters. The van der Waals surface area contributed by atoms with Crippen molar-refractivity contribution in [3.63, 3.8) is 0 Å². The van der Waals surface area contributed by atoms with Crippen LogP contribution < -0.4 is 9.47 Å². The minimum Gasteiger partial charge on any atom is -0.473 e. The van der Waals surface area contributed by atoms with Crippen LogP contribution in [0.5, 0.6) is 17.5 Å². The fourth-order valence-corrected chi connectivity index (χ4v) is 1.71. The lowest BCUT2D eigenvalue weighted by molar-refractivity contribution is -0.387. The van der Waals surface area contributed by atoms with Crippen LogP contribution in [0, 0.1) is 10.1 Å². The lowest BCUT2D eigenvalue weighted by Crippen LogP contribution is -2.03. The molecule has 0 atom stereocenters. The molecule has 0 aliphatic carbocycles. The number of hydrogen-bond acceptors (Lipinski definition) is 8. The van der Waals surface area contributed by atoms with Crippen LogP contribution in [0.2, 0.25) is 0 Å². The van der Waals surface area contributed by atoms with Gasteiger partial charge in [0.05, 0.1) is 24.2 Å². The second kappa shape index (κ2) is 7.16. The van der Waals surface area contributed by atoms with Crippen molar-refractivity contribution in [2.24, 2.45) is 0 Å². The van der Waals surface area contributed by atoms with Crippen molar-refractivity contribution in [1.29, 1.82) is 0 Å². The fraction of sp³-hybridized carbons (Fsp3) is 0.214. The summed E-state index contributed by atoms with van der Waals surface area (Å²) in [6.45, 7) is 1.89. The van der Waals surface area contributed by atoms with E-state index in [0.717, 1.165) is 6.33 Å². The Balaban J connectivity index is 2.31. The van der Waals surface area contributed by atoms with Crippen LogP contribution in [0.1, 0.15) is 17.3 Å². The van der Waals surface area contributed by atoms with E-state index in [1.807, 2.05) is 0 Å². The SMILES string of the molecule is CCOc1ncnc(Oc2ccc(C(=O)OC)cc2)c1[N+](=O)[O-]. The fourth-order valence-electron chi connectivity index (χ4n) is 1.71. The van der Waals surface area contributed by atoms with Gasteiger partial charge in [0.25, 0.3) is 0 Å². The number of nitro groups is 1. The molecule has 0 radical (unpaired) electrons. The van der Waals surface area contributed by atoms with Gasteiger partial charge in [0.1, 0.15) is 12.1 Å². The Morgan fingerprint density at radius 3 is 2.43 bits per heavy atom. The molecular weight excluding hydrogens is 306 g/mol. The number of aromatic nitrogens is 2. The summed E-state index contributed by atoms with van der Waals surface area (Å²) in [7, 11) is 1.27. The van der Waals surface area contributed by atoms with Gasteiger partial charge in [-0.15, -0.1) is 0 Å². The van der Waals surface area contributed by atoms with Crippen LogP contribution in [-0.2, 0) is 4.74 Å². The highest BCUT2D eigenvalue weighted by Gasteiger charge is 2.26. The first-order valence-corrected chi connectivity index (χ1v) is 6.55. The van der Waals surface area contributed by atoms with E-state index < -0.39 is 16.6 Å². The van der Waals surface area contributed by atoms with Gasteiger partial charge in [-0.3, -0.25) is 10.1 Å².